The number of hydrogen-bond donors (Lipinski definition) is 1. The molecule has 0 aliphatic rings. The van der Waals surface area contributed by atoms with E-state index in [0.29, 0.717) is 23.7 Å². The van der Waals surface area contributed by atoms with E-state index in [1.54, 1.807) is 42.6 Å². The Balaban J connectivity index is 1.55. The van der Waals surface area contributed by atoms with Gasteiger partial charge >= 0.3 is 11.5 Å². The van der Waals surface area contributed by atoms with Gasteiger partial charge in [0.2, 0.25) is 0 Å². The number of benzene rings is 3. The van der Waals surface area contributed by atoms with Crippen LogP contribution in [0.15, 0.2) is 77.8 Å². The van der Waals surface area contributed by atoms with Crippen molar-refractivity contribution in [1.82, 2.24) is 9.78 Å². The van der Waals surface area contributed by atoms with Crippen LogP contribution in [0.4, 0.5) is 18.9 Å². The standard InChI is InChI=1S/C30H30F3N3O3S/c1-19(2)24-16-34-36(26-10-5-6-11-28(26)40-30(31,32)33)27(24)18-39-23-12-13-25(20(3)14-23)35(4)17-21-8-7-9-22(15-21)29(37)38/h5-16,19H,17-18H2,1-4H3,(H,37,38). The van der Waals surface area contributed by atoms with Crippen LogP contribution < -0.4 is 9.64 Å². The number of carboxylic acids is 1. The van der Waals surface area contributed by atoms with Gasteiger partial charge in [0.1, 0.15) is 12.4 Å². The highest BCUT2D eigenvalue weighted by Gasteiger charge is 2.31. The van der Waals surface area contributed by atoms with Crippen molar-refractivity contribution >= 4 is 23.4 Å². The number of halogens is 3. The summed E-state index contributed by atoms with van der Waals surface area (Å²) < 4.78 is 47.3. The van der Waals surface area contributed by atoms with Crippen molar-refractivity contribution in [3.8, 4) is 11.4 Å². The zero-order valence-corrected chi connectivity index (χ0v) is 23.4. The molecule has 1 N–H and O–H groups in total. The lowest BCUT2D eigenvalue weighted by Gasteiger charge is -2.22. The molecule has 1 heterocycles. The number of carbonyl (C=O) groups is 1. The summed E-state index contributed by atoms with van der Waals surface area (Å²) in [7, 11) is 1.93. The van der Waals surface area contributed by atoms with Gasteiger partial charge < -0.3 is 14.7 Å². The second-order valence-corrected chi connectivity index (χ2v) is 10.8. The first-order valence-electron chi connectivity index (χ1n) is 12.6. The third kappa shape index (κ3) is 6.98. The molecule has 40 heavy (non-hydrogen) atoms. The number of carboxylic acid groups (broad SMARTS) is 1. The molecule has 10 heteroatoms. The van der Waals surface area contributed by atoms with E-state index in [1.807, 2.05) is 57.0 Å². The van der Waals surface area contributed by atoms with Crippen molar-refractivity contribution in [3.05, 3.63) is 101 Å². The minimum absolute atomic E-state index is 0.0618. The average molecular weight is 570 g/mol. The predicted octanol–water partition coefficient (Wildman–Crippen LogP) is 7.83. The van der Waals surface area contributed by atoms with Gasteiger partial charge in [0.25, 0.3) is 0 Å². The lowest BCUT2D eigenvalue weighted by Crippen LogP contribution is -2.17. The molecule has 4 aromatic rings. The van der Waals surface area contributed by atoms with Crippen LogP contribution in [0.3, 0.4) is 0 Å². The van der Waals surface area contributed by atoms with E-state index in [-0.39, 0.29) is 34.7 Å². The monoisotopic (exact) mass is 569 g/mol. The zero-order chi connectivity index (χ0) is 29.0. The fourth-order valence-electron chi connectivity index (χ4n) is 4.52. The van der Waals surface area contributed by atoms with Crippen LogP contribution >= 0.6 is 11.8 Å². The molecule has 4 rings (SSSR count). The second kappa shape index (κ2) is 12.1. The second-order valence-electron chi connectivity index (χ2n) is 9.73. The normalized spacial score (nSPS) is 11.6. The molecule has 1 aromatic heterocycles. The third-order valence-corrected chi connectivity index (χ3v) is 7.19. The Morgan fingerprint density at radius 3 is 2.52 bits per heavy atom. The smallest absolute Gasteiger partial charge is 0.446 e. The summed E-state index contributed by atoms with van der Waals surface area (Å²) in [4.78, 5) is 13.4. The van der Waals surface area contributed by atoms with Crippen molar-refractivity contribution in [2.45, 2.75) is 50.2 Å². The maximum Gasteiger partial charge on any atom is 0.446 e. The van der Waals surface area contributed by atoms with E-state index in [1.165, 1.54) is 10.7 Å². The van der Waals surface area contributed by atoms with Crippen LogP contribution in [0.25, 0.3) is 5.69 Å². The van der Waals surface area contributed by atoms with E-state index in [4.69, 9.17) is 4.74 Å². The number of thioether (sulfide) groups is 1. The molecular weight excluding hydrogens is 539 g/mol. The molecule has 0 atom stereocenters. The van der Waals surface area contributed by atoms with Crippen molar-refractivity contribution in [1.29, 1.82) is 0 Å². The number of aryl methyl sites for hydroxylation is 1. The minimum atomic E-state index is -4.42. The molecular formula is C30H30F3N3O3S. The van der Waals surface area contributed by atoms with Gasteiger partial charge in [-0.2, -0.15) is 18.3 Å². The quantitative estimate of drug-likeness (QED) is 0.196. The topological polar surface area (TPSA) is 67.6 Å². The van der Waals surface area contributed by atoms with E-state index >= 15 is 0 Å². The molecule has 0 saturated carbocycles. The van der Waals surface area contributed by atoms with Crippen molar-refractivity contribution in [3.63, 3.8) is 0 Å². The van der Waals surface area contributed by atoms with Gasteiger partial charge in [0.05, 0.1) is 23.1 Å². The maximum absolute atomic E-state index is 13.2. The SMILES string of the molecule is Cc1cc(OCc2c(C(C)C)cnn2-c2ccccc2SC(F)(F)F)ccc1N(C)Cc1cccc(C(=O)O)c1. The van der Waals surface area contributed by atoms with Gasteiger partial charge in [-0.25, -0.2) is 9.48 Å². The Labute approximate surface area is 235 Å². The van der Waals surface area contributed by atoms with Crippen LogP contribution in [0.2, 0.25) is 0 Å². The lowest BCUT2D eigenvalue weighted by atomic mass is 10.0. The Hall–Kier alpha value is -3.92. The van der Waals surface area contributed by atoms with Crippen LogP contribution in [0.1, 0.15) is 52.5 Å². The number of aromatic nitrogens is 2. The van der Waals surface area contributed by atoms with Crippen LogP contribution in [-0.4, -0.2) is 33.4 Å². The molecule has 210 valence electrons. The molecule has 0 spiro atoms. The van der Waals surface area contributed by atoms with Crippen molar-refractivity contribution in [2.24, 2.45) is 0 Å². The highest BCUT2D eigenvalue weighted by molar-refractivity contribution is 8.00. The third-order valence-electron chi connectivity index (χ3n) is 6.39. The highest BCUT2D eigenvalue weighted by atomic mass is 32.2. The first-order chi connectivity index (χ1) is 18.9. The van der Waals surface area contributed by atoms with Crippen LogP contribution in [0, 0.1) is 6.92 Å². The van der Waals surface area contributed by atoms with Gasteiger partial charge in [-0.05, 0) is 83.8 Å². The summed E-state index contributed by atoms with van der Waals surface area (Å²) in [5.74, 6) is -0.262. The summed E-state index contributed by atoms with van der Waals surface area (Å²) in [5.41, 5.74) is 0.526. The maximum atomic E-state index is 13.2. The molecule has 0 bridgehead atoms. The van der Waals surface area contributed by atoms with Crippen LogP contribution in [0.5, 0.6) is 5.75 Å². The number of hydrogen-bond acceptors (Lipinski definition) is 5. The number of nitrogens with zero attached hydrogens (tertiary/aromatic N) is 3. The molecule has 0 saturated heterocycles. The molecule has 6 nitrogen and oxygen atoms in total. The summed E-state index contributed by atoms with van der Waals surface area (Å²) in [6, 6.07) is 18.8. The van der Waals surface area contributed by atoms with Gasteiger partial charge in [-0.3, -0.25) is 0 Å². The molecule has 0 radical (unpaired) electrons. The molecule has 0 aliphatic carbocycles. The number of ether oxygens (including phenoxy) is 1. The number of rotatable bonds is 10. The first-order valence-corrected chi connectivity index (χ1v) is 13.4. The average Bonchev–Trinajstić information content (AvgIpc) is 3.31. The van der Waals surface area contributed by atoms with Gasteiger partial charge in [-0.15, -0.1) is 0 Å². The van der Waals surface area contributed by atoms with Crippen molar-refractivity contribution in [2.75, 3.05) is 11.9 Å². The lowest BCUT2D eigenvalue weighted by molar-refractivity contribution is -0.0328. The number of para-hydroxylation sites is 1. The van der Waals surface area contributed by atoms with Gasteiger partial charge in [0, 0.05) is 24.2 Å². The summed E-state index contributed by atoms with van der Waals surface area (Å²) >= 11 is -0.164. The molecule has 0 unspecified atom stereocenters. The van der Waals surface area contributed by atoms with E-state index in [9.17, 15) is 23.1 Å². The number of anilines is 1. The fraction of sp³-hybridized carbons (Fsp3) is 0.267. The van der Waals surface area contributed by atoms with Gasteiger partial charge in [-0.1, -0.05) is 38.1 Å². The predicted molar refractivity (Wildman–Crippen MR) is 151 cm³/mol. The van der Waals surface area contributed by atoms with Gasteiger partial charge in [0.15, 0.2) is 0 Å². The Kier molecular flexibility index (Phi) is 8.78. The fourth-order valence-corrected chi connectivity index (χ4v) is 5.18. The zero-order valence-electron chi connectivity index (χ0n) is 22.6. The number of aromatic carboxylic acids is 1. The number of alkyl halides is 3. The minimum Gasteiger partial charge on any atom is -0.487 e. The largest absolute Gasteiger partial charge is 0.487 e. The molecule has 0 amide bonds. The summed E-state index contributed by atoms with van der Waals surface area (Å²) in [5, 5.41) is 13.7. The van der Waals surface area contributed by atoms with Crippen LogP contribution in [-0.2, 0) is 13.2 Å². The summed E-state index contributed by atoms with van der Waals surface area (Å²) in [6.07, 6.45) is 1.68. The van der Waals surface area contributed by atoms with Crippen molar-refractivity contribution < 1.29 is 27.8 Å². The molecule has 3 aromatic carbocycles. The first kappa shape index (κ1) is 29.1. The Bertz CT molecular complexity index is 1500. The van der Waals surface area contributed by atoms with E-state index in [0.717, 1.165) is 22.4 Å². The highest BCUT2D eigenvalue weighted by Crippen LogP contribution is 2.40. The summed E-state index contributed by atoms with van der Waals surface area (Å²) in [6.45, 7) is 6.61. The Morgan fingerprint density at radius 2 is 1.85 bits per heavy atom. The van der Waals surface area contributed by atoms with E-state index in [2.05, 4.69) is 5.10 Å². The molecule has 0 aliphatic heterocycles. The Morgan fingerprint density at radius 1 is 1.10 bits per heavy atom. The van der Waals surface area contributed by atoms with E-state index < -0.39 is 11.5 Å². The molecule has 0 fully saturated rings.